The van der Waals surface area contributed by atoms with Crippen molar-refractivity contribution in [2.45, 2.75) is 23.7 Å². The second kappa shape index (κ2) is 6.72. The van der Waals surface area contributed by atoms with Crippen molar-refractivity contribution in [1.82, 2.24) is 4.98 Å². The Labute approximate surface area is 140 Å². The molecule has 0 fully saturated rings. The molecular weight excluding hydrogens is 341 g/mol. The Balaban J connectivity index is 1.61. The van der Waals surface area contributed by atoms with Crippen LogP contribution in [0.1, 0.15) is 23.7 Å². The number of benzene rings is 1. The molecule has 1 aromatic carbocycles. The summed E-state index contributed by atoms with van der Waals surface area (Å²) in [5.41, 5.74) is -0.0807. The number of oxime groups is 1. The Hall–Kier alpha value is -2.22. The van der Waals surface area contributed by atoms with E-state index in [2.05, 4.69) is 10.1 Å². The molecule has 0 spiro atoms. The standard InChI is InChI=1S/C16H13F3N2O2S/c1-24-15-7-6-12(9-20-15)22-14-8-13(23-21-14)10-2-4-11(5-3-10)16(17,18)19/h2-7,9,13H,8H2,1H3/t13-/m0/s1. The van der Waals surface area contributed by atoms with Gasteiger partial charge in [0.05, 0.1) is 23.2 Å². The Morgan fingerprint density at radius 3 is 2.50 bits per heavy atom. The molecule has 0 bridgehead atoms. The third-order valence-electron chi connectivity index (χ3n) is 3.41. The van der Waals surface area contributed by atoms with E-state index in [1.54, 1.807) is 12.3 Å². The average molecular weight is 354 g/mol. The molecule has 1 atom stereocenters. The molecule has 3 rings (SSSR count). The van der Waals surface area contributed by atoms with Crippen LogP contribution in [0.3, 0.4) is 0 Å². The highest BCUT2D eigenvalue weighted by molar-refractivity contribution is 7.98. The summed E-state index contributed by atoms with van der Waals surface area (Å²) >= 11 is 1.52. The van der Waals surface area contributed by atoms with E-state index in [1.165, 1.54) is 23.9 Å². The summed E-state index contributed by atoms with van der Waals surface area (Å²) in [6.07, 6.45) is -0.960. The summed E-state index contributed by atoms with van der Waals surface area (Å²) in [5, 5.41) is 4.71. The molecule has 1 aliphatic heterocycles. The Kier molecular flexibility index (Phi) is 4.66. The lowest BCUT2D eigenvalue weighted by Gasteiger charge is -2.10. The van der Waals surface area contributed by atoms with Gasteiger partial charge in [0.2, 0.25) is 5.90 Å². The molecule has 0 N–H and O–H groups in total. The fourth-order valence-electron chi connectivity index (χ4n) is 2.17. The summed E-state index contributed by atoms with van der Waals surface area (Å²) < 4.78 is 43.3. The molecule has 1 aliphatic rings. The zero-order chi connectivity index (χ0) is 17.2. The zero-order valence-corrected chi connectivity index (χ0v) is 13.4. The number of thioether (sulfide) groups is 1. The van der Waals surface area contributed by atoms with Crippen molar-refractivity contribution in [3.63, 3.8) is 0 Å². The van der Waals surface area contributed by atoms with E-state index < -0.39 is 17.8 Å². The molecule has 0 aliphatic carbocycles. The van der Waals surface area contributed by atoms with E-state index in [1.807, 2.05) is 12.3 Å². The van der Waals surface area contributed by atoms with Crippen molar-refractivity contribution >= 4 is 17.7 Å². The minimum Gasteiger partial charge on any atom is -0.438 e. The van der Waals surface area contributed by atoms with Crippen molar-refractivity contribution in [1.29, 1.82) is 0 Å². The Bertz CT molecular complexity index is 730. The second-order valence-corrected chi connectivity index (χ2v) is 5.87. The van der Waals surface area contributed by atoms with E-state index >= 15 is 0 Å². The Morgan fingerprint density at radius 2 is 1.92 bits per heavy atom. The number of rotatable bonds is 3. The van der Waals surface area contributed by atoms with E-state index in [4.69, 9.17) is 9.57 Å². The summed E-state index contributed by atoms with van der Waals surface area (Å²) in [7, 11) is 0. The van der Waals surface area contributed by atoms with Crippen LogP contribution in [0.5, 0.6) is 5.75 Å². The molecule has 1 aromatic heterocycles. The van der Waals surface area contributed by atoms with Crippen LogP contribution in [0.2, 0.25) is 0 Å². The first-order chi connectivity index (χ1) is 11.5. The minimum absolute atomic E-state index is 0.343. The first kappa shape index (κ1) is 16.6. The van der Waals surface area contributed by atoms with Gasteiger partial charge in [0.25, 0.3) is 0 Å². The number of halogens is 3. The molecule has 24 heavy (non-hydrogen) atoms. The lowest BCUT2D eigenvalue weighted by atomic mass is 10.0. The monoisotopic (exact) mass is 354 g/mol. The summed E-state index contributed by atoms with van der Waals surface area (Å²) in [4.78, 5) is 9.44. The lowest BCUT2D eigenvalue weighted by molar-refractivity contribution is -0.137. The highest BCUT2D eigenvalue weighted by Crippen LogP contribution is 2.33. The third kappa shape index (κ3) is 3.81. The van der Waals surface area contributed by atoms with Crippen molar-refractivity contribution in [3.8, 4) is 5.75 Å². The maximum absolute atomic E-state index is 12.6. The van der Waals surface area contributed by atoms with Gasteiger partial charge in [-0.1, -0.05) is 17.3 Å². The van der Waals surface area contributed by atoms with Crippen LogP contribution in [0.15, 0.2) is 52.8 Å². The van der Waals surface area contributed by atoms with Crippen LogP contribution >= 0.6 is 11.8 Å². The van der Waals surface area contributed by atoms with Crippen LogP contribution in [0.4, 0.5) is 13.2 Å². The lowest BCUT2D eigenvalue weighted by Crippen LogP contribution is -2.08. The topological polar surface area (TPSA) is 43.7 Å². The highest BCUT2D eigenvalue weighted by Gasteiger charge is 2.31. The van der Waals surface area contributed by atoms with E-state index in [0.717, 1.165) is 17.2 Å². The highest BCUT2D eigenvalue weighted by atomic mass is 32.2. The van der Waals surface area contributed by atoms with Crippen LogP contribution in [0.25, 0.3) is 0 Å². The van der Waals surface area contributed by atoms with Gasteiger partial charge in [0, 0.05) is 0 Å². The van der Waals surface area contributed by atoms with Gasteiger partial charge in [0.1, 0.15) is 5.75 Å². The van der Waals surface area contributed by atoms with Gasteiger partial charge in [-0.25, -0.2) is 4.98 Å². The van der Waals surface area contributed by atoms with Crippen LogP contribution in [0, 0.1) is 0 Å². The largest absolute Gasteiger partial charge is 0.438 e. The molecule has 0 saturated carbocycles. The van der Waals surface area contributed by atoms with Gasteiger partial charge in [-0.3, -0.25) is 0 Å². The maximum atomic E-state index is 12.6. The van der Waals surface area contributed by atoms with Gasteiger partial charge in [-0.05, 0) is 36.1 Å². The number of ether oxygens (including phenoxy) is 1. The van der Waals surface area contributed by atoms with Gasteiger partial charge in [0.15, 0.2) is 6.10 Å². The first-order valence-electron chi connectivity index (χ1n) is 7.03. The molecule has 0 saturated heterocycles. The maximum Gasteiger partial charge on any atom is 0.416 e. The van der Waals surface area contributed by atoms with E-state index in [9.17, 15) is 13.2 Å². The Morgan fingerprint density at radius 1 is 1.17 bits per heavy atom. The number of nitrogens with zero attached hydrogens (tertiary/aromatic N) is 2. The van der Waals surface area contributed by atoms with E-state index in [0.29, 0.717) is 23.6 Å². The quantitative estimate of drug-likeness (QED) is 0.751. The predicted molar refractivity (Wildman–Crippen MR) is 84.0 cm³/mol. The summed E-state index contributed by atoms with van der Waals surface area (Å²) in [5.74, 6) is 0.891. The average Bonchev–Trinajstić information content (AvgIpc) is 3.03. The number of hydrogen-bond donors (Lipinski definition) is 0. The molecule has 0 amide bonds. The van der Waals surface area contributed by atoms with Crippen LogP contribution < -0.4 is 4.74 Å². The fraction of sp³-hybridized carbons (Fsp3) is 0.250. The van der Waals surface area contributed by atoms with Crippen molar-refractivity contribution < 1.29 is 22.7 Å². The van der Waals surface area contributed by atoms with Gasteiger partial charge in [-0.15, -0.1) is 11.8 Å². The number of pyridine rings is 1. The first-order valence-corrected chi connectivity index (χ1v) is 8.26. The van der Waals surface area contributed by atoms with Gasteiger partial charge in [-0.2, -0.15) is 13.2 Å². The van der Waals surface area contributed by atoms with Crippen molar-refractivity contribution in [2.24, 2.45) is 5.16 Å². The summed E-state index contributed by atoms with van der Waals surface area (Å²) in [6.45, 7) is 0. The molecule has 126 valence electrons. The van der Waals surface area contributed by atoms with Crippen molar-refractivity contribution in [2.75, 3.05) is 6.26 Å². The van der Waals surface area contributed by atoms with Gasteiger partial charge >= 0.3 is 6.18 Å². The molecule has 8 heteroatoms. The van der Waals surface area contributed by atoms with Crippen LogP contribution in [-0.4, -0.2) is 17.1 Å². The molecule has 2 heterocycles. The smallest absolute Gasteiger partial charge is 0.416 e. The molecule has 0 radical (unpaired) electrons. The zero-order valence-electron chi connectivity index (χ0n) is 12.6. The normalized spacial score (nSPS) is 17.3. The molecule has 2 aromatic rings. The fourth-order valence-corrected chi connectivity index (χ4v) is 2.53. The van der Waals surface area contributed by atoms with Gasteiger partial charge < -0.3 is 9.57 Å². The van der Waals surface area contributed by atoms with E-state index in [-0.39, 0.29) is 0 Å². The van der Waals surface area contributed by atoms with Crippen molar-refractivity contribution in [3.05, 3.63) is 53.7 Å². The third-order valence-corrected chi connectivity index (χ3v) is 4.07. The SMILES string of the molecule is CSc1ccc(OC2=NO[C@H](c3ccc(C(F)(F)F)cc3)C2)cn1. The number of hydrogen-bond acceptors (Lipinski definition) is 5. The predicted octanol–water partition coefficient (Wildman–Crippen LogP) is 4.68. The number of aromatic nitrogens is 1. The molecule has 0 unspecified atom stereocenters. The molecular formula is C16H13F3N2O2S. The summed E-state index contributed by atoms with van der Waals surface area (Å²) in [6, 6.07) is 8.43. The number of alkyl halides is 3. The minimum atomic E-state index is -4.35. The van der Waals surface area contributed by atoms with Crippen LogP contribution in [-0.2, 0) is 11.0 Å². The second-order valence-electron chi connectivity index (χ2n) is 5.04. The molecule has 4 nitrogen and oxygen atoms in total.